The van der Waals surface area contributed by atoms with Crippen molar-refractivity contribution < 1.29 is 9.59 Å². The predicted octanol–water partition coefficient (Wildman–Crippen LogP) is 2.67. The van der Waals surface area contributed by atoms with Crippen LogP contribution in [0.3, 0.4) is 0 Å². The van der Waals surface area contributed by atoms with Crippen molar-refractivity contribution in [1.29, 1.82) is 0 Å². The molecule has 1 aliphatic heterocycles. The van der Waals surface area contributed by atoms with Gasteiger partial charge in [-0.2, -0.15) is 0 Å². The van der Waals surface area contributed by atoms with Crippen molar-refractivity contribution in [2.75, 3.05) is 31.9 Å². The molecule has 3 aromatic rings. The molecule has 0 aliphatic carbocycles. The summed E-state index contributed by atoms with van der Waals surface area (Å²) in [6.07, 6.45) is 1.07. The highest BCUT2D eigenvalue weighted by Crippen LogP contribution is 2.18. The quantitative estimate of drug-likeness (QED) is 0.687. The van der Waals surface area contributed by atoms with Crippen LogP contribution in [0, 0.1) is 0 Å². The Hall–Kier alpha value is -3.28. The first-order valence-electron chi connectivity index (χ1n) is 9.60. The lowest BCUT2D eigenvalue weighted by Crippen LogP contribution is -2.50. The van der Waals surface area contributed by atoms with E-state index in [4.69, 9.17) is 5.73 Å². The lowest BCUT2D eigenvalue weighted by atomic mass is 10.1. The van der Waals surface area contributed by atoms with E-state index in [9.17, 15) is 9.59 Å². The molecule has 0 unspecified atom stereocenters. The van der Waals surface area contributed by atoms with Gasteiger partial charge >= 0.3 is 0 Å². The van der Waals surface area contributed by atoms with Crippen LogP contribution in [0.5, 0.6) is 0 Å². The molecule has 6 nitrogen and oxygen atoms in total. The number of rotatable bonds is 4. The SMILES string of the molecule is Nc1ccccc1CCC(=O)N1CCN(C(=O)c2cc3ccccc3[nH]2)CC1. The predicted molar refractivity (Wildman–Crippen MR) is 110 cm³/mol. The molecule has 0 atom stereocenters. The van der Waals surface area contributed by atoms with Crippen LogP contribution < -0.4 is 5.73 Å². The van der Waals surface area contributed by atoms with Crippen LogP contribution in [0.1, 0.15) is 22.5 Å². The average molecular weight is 376 g/mol. The summed E-state index contributed by atoms with van der Waals surface area (Å²) in [4.78, 5) is 32.1. The number of fused-ring (bicyclic) bond motifs is 1. The fourth-order valence-electron chi connectivity index (χ4n) is 3.68. The second-order valence-corrected chi connectivity index (χ2v) is 7.14. The third kappa shape index (κ3) is 3.71. The number of para-hydroxylation sites is 2. The van der Waals surface area contributed by atoms with E-state index in [0.29, 0.717) is 44.7 Å². The summed E-state index contributed by atoms with van der Waals surface area (Å²) in [5, 5.41) is 1.03. The molecule has 144 valence electrons. The molecule has 1 aromatic heterocycles. The zero-order valence-corrected chi connectivity index (χ0v) is 15.7. The Bertz CT molecular complexity index is 969. The van der Waals surface area contributed by atoms with Gasteiger partial charge in [-0.05, 0) is 30.2 Å². The van der Waals surface area contributed by atoms with Crippen molar-refractivity contribution in [2.24, 2.45) is 0 Å². The molecule has 1 aliphatic rings. The van der Waals surface area contributed by atoms with Gasteiger partial charge in [0.2, 0.25) is 5.91 Å². The van der Waals surface area contributed by atoms with Gasteiger partial charge < -0.3 is 20.5 Å². The number of amides is 2. The Labute approximate surface area is 163 Å². The summed E-state index contributed by atoms with van der Waals surface area (Å²) >= 11 is 0. The number of aromatic amines is 1. The van der Waals surface area contributed by atoms with Crippen molar-refractivity contribution in [3.05, 3.63) is 65.9 Å². The number of aryl methyl sites for hydroxylation is 1. The third-order valence-electron chi connectivity index (χ3n) is 5.34. The molecule has 3 N–H and O–H groups in total. The van der Waals surface area contributed by atoms with Gasteiger partial charge in [0.05, 0.1) is 0 Å². The molecule has 6 heteroatoms. The van der Waals surface area contributed by atoms with Gasteiger partial charge in [0.25, 0.3) is 5.91 Å². The fraction of sp³-hybridized carbons (Fsp3) is 0.273. The summed E-state index contributed by atoms with van der Waals surface area (Å²) in [5.74, 6) is 0.0984. The van der Waals surface area contributed by atoms with Gasteiger partial charge in [0.1, 0.15) is 5.69 Å². The monoisotopic (exact) mass is 376 g/mol. The Balaban J connectivity index is 1.32. The van der Waals surface area contributed by atoms with Crippen LogP contribution in [0.2, 0.25) is 0 Å². The van der Waals surface area contributed by atoms with Crippen LogP contribution in [0.15, 0.2) is 54.6 Å². The molecular formula is C22H24N4O2. The van der Waals surface area contributed by atoms with E-state index in [1.807, 2.05) is 64.4 Å². The van der Waals surface area contributed by atoms with Gasteiger partial charge in [-0.1, -0.05) is 36.4 Å². The highest BCUT2D eigenvalue weighted by molar-refractivity contribution is 5.98. The summed E-state index contributed by atoms with van der Waals surface area (Å²) in [6, 6.07) is 17.4. The van der Waals surface area contributed by atoms with Crippen LogP contribution in [0.25, 0.3) is 10.9 Å². The molecule has 0 spiro atoms. The van der Waals surface area contributed by atoms with Crippen LogP contribution >= 0.6 is 0 Å². The van der Waals surface area contributed by atoms with Crippen LogP contribution in [0.4, 0.5) is 5.69 Å². The zero-order chi connectivity index (χ0) is 19.5. The number of carbonyl (C=O) groups excluding carboxylic acids is 2. The molecule has 2 heterocycles. The van der Waals surface area contributed by atoms with E-state index in [2.05, 4.69) is 4.98 Å². The van der Waals surface area contributed by atoms with E-state index in [1.54, 1.807) is 0 Å². The highest BCUT2D eigenvalue weighted by Gasteiger charge is 2.25. The number of H-pyrrole nitrogens is 1. The average Bonchev–Trinajstić information content (AvgIpc) is 3.17. The fourth-order valence-corrected chi connectivity index (χ4v) is 3.68. The van der Waals surface area contributed by atoms with E-state index >= 15 is 0 Å². The van der Waals surface area contributed by atoms with Gasteiger partial charge in [-0.15, -0.1) is 0 Å². The Morgan fingerprint density at radius 2 is 1.61 bits per heavy atom. The molecule has 1 fully saturated rings. The topological polar surface area (TPSA) is 82.4 Å². The maximum Gasteiger partial charge on any atom is 0.270 e. The van der Waals surface area contributed by atoms with Crippen molar-refractivity contribution in [2.45, 2.75) is 12.8 Å². The second-order valence-electron chi connectivity index (χ2n) is 7.14. The molecule has 0 radical (unpaired) electrons. The molecule has 0 saturated carbocycles. The molecule has 2 aromatic carbocycles. The van der Waals surface area contributed by atoms with Gasteiger partial charge in [-0.25, -0.2) is 0 Å². The largest absolute Gasteiger partial charge is 0.399 e. The zero-order valence-electron chi connectivity index (χ0n) is 15.7. The molecule has 1 saturated heterocycles. The number of carbonyl (C=O) groups is 2. The first-order chi connectivity index (χ1) is 13.6. The van der Waals surface area contributed by atoms with Crippen LogP contribution in [-0.4, -0.2) is 52.8 Å². The van der Waals surface area contributed by atoms with E-state index in [0.717, 1.165) is 22.2 Å². The molecule has 28 heavy (non-hydrogen) atoms. The Morgan fingerprint density at radius 3 is 2.36 bits per heavy atom. The molecule has 4 rings (SSSR count). The van der Waals surface area contributed by atoms with E-state index in [-0.39, 0.29) is 11.8 Å². The normalized spacial score (nSPS) is 14.4. The highest BCUT2D eigenvalue weighted by atomic mass is 16.2. The number of nitrogens with zero attached hydrogens (tertiary/aromatic N) is 2. The number of aromatic nitrogens is 1. The summed E-state index contributed by atoms with van der Waals surface area (Å²) in [6.45, 7) is 2.23. The summed E-state index contributed by atoms with van der Waals surface area (Å²) in [7, 11) is 0. The van der Waals surface area contributed by atoms with Gasteiger partial charge in [0.15, 0.2) is 0 Å². The second kappa shape index (κ2) is 7.76. The number of anilines is 1. The number of hydrogen-bond donors (Lipinski definition) is 2. The third-order valence-corrected chi connectivity index (χ3v) is 5.34. The van der Waals surface area contributed by atoms with Crippen LogP contribution in [-0.2, 0) is 11.2 Å². The lowest BCUT2D eigenvalue weighted by Gasteiger charge is -2.34. The van der Waals surface area contributed by atoms with Gasteiger partial charge in [0, 0.05) is 49.2 Å². The summed E-state index contributed by atoms with van der Waals surface area (Å²) < 4.78 is 0. The molecular weight excluding hydrogens is 352 g/mol. The summed E-state index contributed by atoms with van der Waals surface area (Å²) in [5.41, 5.74) is 9.23. The minimum absolute atomic E-state index is 0.0136. The number of piperazine rings is 1. The van der Waals surface area contributed by atoms with Crippen molar-refractivity contribution in [3.8, 4) is 0 Å². The van der Waals surface area contributed by atoms with Crippen molar-refractivity contribution in [1.82, 2.24) is 14.8 Å². The standard InChI is InChI=1S/C22H24N4O2/c23-18-7-3-1-5-16(18)9-10-21(27)25-11-13-26(14-12-25)22(28)20-15-17-6-2-4-8-19(17)24-20/h1-8,15,24H,9-14,23H2. The number of nitrogen functional groups attached to an aromatic ring is 1. The minimum atomic E-state index is -0.0136. The maximum atomic E-state index is 12.8. The smallest absolute Gasteiger partial charge is 0.270 e. The number of nitrogens with one attached hydrogen (secondary N) is 1. The first kappa shape index (κ1) is 18.1. The lowest BCUT2D eigenvalue weighted by molar-refractivity contribution is -0.132. The number of benzene rings is 2. The van der Waals surface area contributed by atoms with Crippen molar-refractivity contribution >= 4 is 28.4 Å². The molecule has 0 bridgehead atoms. The Morgan fingerprint density at radius 1 is 0.929 bits per heavy atom. The number of nitrogens with two attached hydrogens (primary N) is 1. The molecule has 2 amide bonds. The van der Waals surface area contributed by atoms with E-state index < -0.39 is 0 Å². The van der Waals surface area contributed by atoms with E-state index in [1.165, 1.54) is 0 Å². The number of hydrogen-bond acceptors (Lipinski definition) is 3. The first-order valence-corrected chi connectivity index (χ1v) is 9.60. The minimum Gasteiger partial charge on any atom is -0.399 e. The maximum absolute atomic E-state index is 12.8. The van der Waals surface area contributed by atoms with Crippen molar-refractivity contribution in [3.63, 3.8) is 0 Å². The Kier molecular flexibility index (Phi) is 5.02. The van der Waals surface area contributed by atoms with Gasteiger partial charge in [-0.3, -0.25) is 9.59 Å².